The summed E-state index contributed by atoms with van der Waals surface area (Å²) in [6, 6.07) is 20.4. The second-order valence-electron chi connectivity index (χ2n) is 6.23. The van der Waals surface area contributed by atoms with Crippen LogP contribution in [0.25, 0.3) is 10.8 Å². The molecule has 2 N–H and O–H groups in total. The third-order valence-electron chi connectivity index (χ3n) is 4.33. The molecule has 5 heteroatoms. The second kappa shape index (κ2) is 8.27. The van der Waals surface area contributed by atoms with Crippen molar-refractivity contribution in [3.8, 4) is 0 Å². The Bertz CT molecular complexity index is 982. The molecule has 1 atom stereocenters. The highest BCUT2D eigenvalue weighted by atomic mass is 16.4. The summed E-state index contributed by atoms with van der Waals surface area (Å²) < 4.78 is 0. The molecular weight excluding hydrogens is 342 g/mol. The van der Waals surface area contributed by atoms with Gasteiger partial charge in [-0.15, -0.1) is 0 Å². The van der Waals surface area contributed by atoms with Gasteiger partial charge in [0.15, 0.2) is 11.8 Å². The summed E-state index contributed by atoms with van der Waals surface area (Å²) in [4.78, 5) is 35.9. The van der Waals surface area contributed by atoms with E-state index in [-0.39, 0.29) is 18.6 Å². The Morgan fingerprint density at radius 1 is 0.815 bits per heavy atom. The van der Waals surface area contributed by atoms with Gasteiger partial charge in [0.25, 0.3) is 0 Å². The van der Waals surface area contributed by atoms with Crippen molar-refractivity contribution in [2.45, 2.75) is 18.9 Å². The van der Waals surface area contributed by atoms with Gasteiger partial charge in [-0.25, -0.2) is 4.79 Å². The van der Waals surface area contributed by atoms with Crippen LogP contribution < -0.4 is 5.32 Å². The summed E-state index contributed by atoms with van der Waals surface area (Å²) in [6.45, 7) is 0. The predicted octanol–water partition coefficient (Wildman–Crippen LogP) is 3.74. The number of carboxylic acids is 1. The molecule has 1 unspecified atom stereocenters. The number of hydrogen-bond donors (Lipinski definition) is 2. The molecule has 0 spiro atoms. The number of benzene rings is 3. The molecule has 1 amide bonds. The maximum Gasteiger partial charge on any atom is 0.330 e. The van der Waals surface area contributed by atoms with Crippen molar-refractivity contribution in [2.75, 3.05) is 0 Å². The topological polar surface area (TPSA) is 83.5 Å². The molecule has 0 aliphatic carbocycles. The standard InChI is InChI=1S/C22H19NO4/c24-19(16-7-2-1-3-8-16)12-13-20(25)23-21(22(26)27)18-11-10-15-6-4-5-9-17(15)14-18/h1-11,14,21H,12-13H2,(H,23,25)(H,26,27). The van der Waals surface area contributed by atoms with E-state index in [1.54, 1.807) is 36.4 Å². The minimum Gasteiger partial charge on any atom is -0.479 e. The lowest BCUT2D eigenvalue weighted by Gasteiger charge is -2.15. The van der Waals surface area contributed by atoms with Crippen molar-refractivity contribution in [2.24, 2.45) is 0 Å². The molecule has 0 saturated heterocycles. The largest absolute Gasteiger partial charge is 0.479 e. The van der Waals surface area contributed by atoms with Crippen LogP contribution in [0.15, 0.2) is 72.8 Å². The molecule has 5 nitrogen and oxygen atoms in total. The van der Waals surface area contributed by atoms with E-state index in [1.807, 2.05) is 36.4 Å². The fourth-order valence-corrected chi connectivity index (χ4v) is 2.90. The number of carbonyl (C=O) groups is 3. The first kappa shape index (κ1) is 18.3. The van der Waals surface area contributed by atoms with Crippen molar-refractivity contribution in [3.63, 3.8) is 0 Å². The number of rotatable bonds is 7. The van der Waals surface area contributed by atoms with Gasteiger partial charge in [0.05, 0.1) is 0 Å². The average Bonchev–Trinajstić information content (AvgIpc) is 2.70. The SMILES string of the molecule is O=C(CCC(=O)c1ccccc1)NC(C(=O)O)c1ccc2ccccc2c1. The molecule has 0 aliphatic heterocycles. The van der Waals surface area contributed by atoms with E-state index in [4.69, 9.17) is 0 Å². The van der Waals surface area contributed by atoms with Crippen molar-refractivity contribution < 1.29 is 19.5 Å². The smallest absolute Gasteiger partial charge is 0.330 e. The van der Waals surface area contributed by atoms with Crippen LogP contribution in [0.5, 0.6) is 0 Å². The molecule has 136 valence electrons. The van der Waals surface area contributed by atoms with Gasteiger partial charge in [0.1, 0.15) is 0 Å². The molecule has 0 aromatic heterocycles. The Morgan fingerprint density at radius 3 is 2.19 bits per heavy atom. The van der Waals surface area contributed by atoms with E-state index in [2.05, 4.69) is 5.32 Å². The Labute approximate surface area is 156 Å². The normalized spacial score (nSPS) is 11.7. The summed E-state index contributed by atoms with van der Waals surface area (Å²) >= 11 is 0. The Hall–Kier alpha value is -3.47. The minimum atomic E-state index is -1.16. The molecule has 3 rings (SSSR count). The van der Waals surface area contributed by atoms with Gasteiger partial charge in [0, 0.05) is 18.4 Å². The molecule has 27 heavy (non-hydrogen) atoms. The lowest BCUT2D eigenvalue weighted by molar-refractivity contribution is -0.142. The van der Waals surface area contributed by atoms with Gasteiger partial charge in [-0.3, -0.25) is 9.59 Å². The van der Waals surface area contributed by atoms with Gasteiger partial charge in [-0.1, -0.05) is 66.7 Å². The number of hydrogen-bond acceptors (Lipinski definition) is 3. The van der Waals surface area contributed by atoms with Crippen LogP contribution in [0.3, 0.4) is 0 Å². The highest BCUT2D eigenvalue weighted by Crippen LogP contribution is 2.21. The minimum absolute atomic E-state index is 0.0277. The van der Waals surface area contributed by atoms with Gasteiger partial charge < -0.3 is 10.4 Å². The maximum absolute atomic E-state index is 12.2. The number of ketones is 1. The number of amides is 1. The summed E-state index contributed by atoms with van der Waals surface area (Å²) in [5, 5.41) is 13.9. The van der Waals surface area contributed by atoms with E-state index < -0.39 is 17.9 Å². The van der Waals surface area contributed by atoms with Crippen molar-refractivity contribution in [3.05, 3.63) is 83.9 Å². The first-order valence-corrected chi connectivity index (χ1v) is 8.64. The molecule has 3 aromatic rings. The maximum atomic E-state index is 12.2. The molecule has 0 saturated carbocycles. The Balaban J connectivity index is 1.67. The fourth-order valence-electron chi connectivity index (χ4n) is 2.90. The number of carboxylic acid groups (broad SMARTS) is 1. The van der Waals surface area contributed by atoms with Gasteiger partial charge >= 0.3 is 5.97 Å². The van der Waals surface area contributed by atoms with E-state index in [1.165, 1.54) is 0 Å². The Morgan fingerprint density at radius 2 is 1.48 bits per heavy atom. The van der Waals surface area contributed by atoms with Gasteiger partial charge in [-0.2, -0.15) is 0 Å². The number of aliphatic carboxylic acids is 1. The molecule has 3 aromatic carbocycles. The van der Waals surface area contributed by atoms with E-state index in [9.17, 15) is 19.5 Å². The average molecular weight is 361 g/mol. The molecule has 0 aliphatic rings. The second-order valence-corrected chi connectivity index (χ2v) is 6.23. The molecule has 0 radical (unpaired) electrons. The van der Waals surface area contributed by atoms with Crippen molar-refractivity contribution in [1.82, 2.24) is 5.32 Å². The summed E-state index contributed by atoms with van der Waals surface area (Å²) in [6.07, 6.45) is -0.0367. The van der Waals surface area contributed by atoms with Gasteiger partial charge in [0.2, 0.25) is 5.91 Å². The van der Waals surface area contributed by atoms with Crippen LogP contribution in [0.4, 0.5) is 0 Å². The molecular formula is C22H19NO4. The number of carbonyl (C=O) groups excluding carboxylic acids is 2. The van der Waals surface area contributed by atoms with E-state index in [0.717, 1.165) is 10.8 Å². The molecule has 0 bridgehead atoms. The monoisotopic (exact) mass is 361 g/mol. The highest BCUT2D eigenvalue weighted by molar-refractivity contribution is 5.98. The van der Waals surface area contributed by atoms with Crippen LogP contribution in [-0.2, 0) is 9.59 Å². The van der Waals surface area contributed by atoms with Crippen LogP contribution in [0, 0.1) is 0 Å². The molecule has 0 heterocycles. The summed E-state index contributed by atoms with van der Waals surface area (Å²) in [5.41, 5.74) is 1.03. The summed E-state index contributed by atoms with van der Waals surface area (Å²) in [5.74, 6) is -1.77. The zero-order chi connectivity index (χ0) is 19.2. The van der Waals surface area contributed by atoms with Crippen LogP contribution in [-0.4, -0.2) is 22.8 Å². The zero-order valence-corrected chi connectivity index (χ0v) is 14.6. The number of nitrogens with one attached hydrogen (secondary N) is 1. The van der Waals surface area contributed by atoms with Crippen LogP contribution in [0.1, 0.15) is 34.8 Å². The number of fused-ring (bicyclic) bond motifs is 1. The third kappa shape index (κ3) is 4.58. The summed E-state index contributed by atoms with van der Waals surface area (Å²) in [7, 11) is 0. The van der Waals surface area contributed by atoms with Crippen molar-refractivity contribution >= 4 is 28.4 Å². The van der Waals surface area contributed by atoms with Crippen LogP contribution >= 0.6 is 0 Å². The predicted molar refractivity (Wildman–Crippen MR) is 102 cm³/mol. The van der Waals surface area contributed by atoms with E-state index >= 15 is 0 Å². The molecule has 0 fully saturated rings. The first-order valence-electron chi connectivity index (χ1n) is 8.64. The Kier molecular flexibility index (Phi) is 5.61. The zero-order valence-electron chi connectivity index (χ0n) is 14.6. The number of Topliss-reactive ketones (excluding diaryl/α,β-unsaturated/α-hetero) is 1. The van der Waals surface area contributed by atoms with Gasteiger partial charge in [-0.05, 0) is 22.4 Å². The third-order valence-corrected chi connectivity index (χ3v) is 4.33. The fraction of sp³-hybridized carbons (Fsp3) is 0.136. The lowest BCUT2D eigenvalue weighted by Crippen LogP contribution is -2.33. The highest BCUT2D eigenvalue weighted by Gasteiger charge is 2.22. The van der Waals surface area contributed by atoms with E-state index in [0.29, 0.717) is 11.1 Å². The first-order chi connectivity index (χ1) is 13.0. The quantitative estimate of drug-likeness (QED) is 0.628. The van der Waals surface area contributed by atoms with Crippen LogP contribution in [0.2, 0.25) is 0 Å². The lowest BCUT2D eigenvalue weighted by atomic mass is 10.0. The van der Waals surface area contributed by atoms with Crippen molar-refractivity contribution in [1.29, 1.82) is 0 Å².